The first-order chi connectivity index (χ1) is 10.6. The molecule has 2 aliphatic rings. The molecule has 2 bridgehead atoms. The molecule has 1 N–H and O–H groups in total. The monoisotopic (exact) mass is 324 g/mol. The number of carbonyl (C=O) groups excluding carboxylic acids is 2. The lowest BCUT2D eigenvalue weighted by atomic mass is 9.65. The minimum atomic E-state index is -0.469. The molecular formula is C18H32N2O3. The van der Waals surface area contributed by atoms with E-state index >= 15 is 0 Å². The first-order valence-electron chi connectivity index (χ1n) is 8.82. The molecule has 1 heterocycles. The highest BCUT2D eigenvalue weighted by Crippen LogP contribution is 2.52. The van der Waals surface area contributed by atoms with Gasteiger partial charge in [0.05, 0.1) is 6.10 Å². The van der Waals surface area contributed by atoms with Crippen molar-refractivity contribution in [2.45, 2.75) is 72.4 Å². The second kappa shape index (κ2) is 6.80. The van der Waals surface area contributed by atoms with E-state index in [1.165, 1.54) is 0 Å². The molecule has 0 spiro atoms. The van der Waals surface area contributed by atoms with Crippen LogP contribution < -0.4 is 5.32 Å². The van der Waals surface area contributed by atoms with Crippen LogP contribution in [-0.4, -0.2) is 48.6 Å². The molecule has 2 rings (SSSR count). The first kappa shape index (κ1) is 18.2. The Balaban J connectivity index is 1.83. The summed E-state index contributed by atoms with van der Waals surface area (Å²) in [6, 6.07) is 0.214. The van der Waals surface area contributed by atoms with Crippen molar-refractivity contribution in [3.63, 3.8) is 0 Å². The van der Waals surface area contributed by atoms with Crippen LogP contribution in [0.3, 0.4) is 0 Å². The zero-order chi connectivity index (χ0) is 17.3. The summed E-state index contributed by atoms with van der Waals surface area (Å²) in [6.45, 7) is 12.5. The summed E-state index contributed by atoms with van der Waals surface area (Å²) in [6.07, 6.45) is 4.06. The maximum atomic E-state index is 12.5. The van der Waals surface area contributed by atoms with Gasteiger partial charge in [0.1, 0.15) is 0 Å². The Bertz CT molecular complexity index is 461. The number of nitrogens with zero attached hydrogens (tertiary/aromatic N) is 1. The van der Waals surface area contributed by atoms with Gasteiger partial charge in [-0.2, -0.15) is 0 Å². The van der Waals surface area contributed by atoms with Crippen LogP contribution in [-0.2, 0) is 14.3 Å². The van der Waals surface area contributed by atoms with Gasteiger partial charge in [-0.05, 0) is 50.4 Å². The van der Waals surface area contributed by atoms with Gasteiger partial charge in [0, 0.05) is 25.7 Å². The van der Waals surface area contributed by atoms with E-state index in [1.54, 1.807) is 0 Å². The molecule has 2 unspecified atom stereocenters. The van der Waals surface area contributed by atoms with Crippen LogP contribution in [0.15, 0.2) is 0 Å². The van der Waals surface area contributed by atoms with Crippen LogP contribution in [0.1, 0.15) is 60.3 Å². The van der Waals surface area contributed by atoms with Crippen LogP contribution in [0.5, 0.6) is 0 Å². The fourth-order valence-corrected chi connectivity index (χ4v) is 4.50. The molecule has 5 nitrogen and oxygen atoms in total. The van der Waals surface area contributed by atoms with Crippen molar-refractivity contribution in [3.8, 4) is 0 Å². The number of amides is 2. The number of likely N-dealkylation sites (tertiary alicyclic amines) is 1. The molecule has 23 heavy (non-hydrogen) atoms. The average Bonchev–Trinajstić information content (AvgIpc) is 2.66. The van der Waals surface area contributed by atoms with Gasteiger partial charge in [-0.3, -0.25) is 9.59 Å². The maximum absolute atomic E-state index is 12.5. The van der Waals surface area contributed by atoms with E-state index in [0.29, 0.717) is 19.7 Å². The minimum absolute atomic E-state index is 0.160. The van der Waals surface area contributed by atoms with Crippen LogP contribution in [0.25, 0.3) is 0 Å². The van der Waals surface area contributed by atoms with Crippen molar-refractivity contribution in [3.05, 3.63) is 0 Å². The lowest BCUT2D eigenvalue weighted by molar-refractivity contribution is -0.146. The summed E-state index contributed by atoms with van der Waals surface area (Å²) in [4.78, 5) is 26.4. The van der Waals surface area contributed by atoms with E-state index in [0.717, 1.165) is 25.7 Å². The third kappa shape index (κ3) is 4.69. The number of nitrogens with one attached hydrogen (secondary N) is 1. The number of ether oxygens (including phenoxy) is 1. The molecule has 1 saturated heterocycles. The topological polar surface area (TPSA) is 58.6 Å². The van der Waals surface area contributed by atoms with E-state index < -0.39 is 5.91 Å². The van der Waals surface area contributed by atoms with E-state index in [9.17, 15) is 9.59 Å². The zero-order valence-electron chi connectivity index (χ0n) is 15.3. The fourth-order valence-electron chi connectivity index (χ4n) is 4.50. The SMILES string of the molecule is CC(C)OCCCNC(=O)C(=O)N1CC2(C)CC1CC(C)(C)C2. The molecule has 2 fully saturated rings. The standard InChI is InChI=1S/C18H32N2O3/c1-13(2)23-8-6-7-19-15(21)16(22)20-12-18(5)10-14(20)9-17(3,4)11-18/h13-14H,6-12H2,1-5H3,(H,19,21). The molecule has 0 radical (unpaired) electrons. The quantitative estimate of drug-likeness (QED) is 0.624. The van der Waals surface area contributed by atoms with Crippen molar-refractivity contribution >= 4 is 11.8 Å². The molecule has 0 aromatic heterocycles. The summed E-state index contributed by atoms with van der Waals surface area (Å²) in [5, 5.41) is 2.74. The van der Waals surface area contributed by atoms with Crippen LogP contribution in [0.2, 0.25) is 0 Å². The van der Waals surface area contributed by atoms with Crippen molar-refractivity contribution < 1.29 is 14.3 Å². The summed E-state index contributed by atoms with van der Waals surface area (Å²) in [5.41, 5.74) is 0.408. The number of fused-ring (bicyclic) bond motifs is 2. The van der Waals surface area contributed by atoms with Gasteiger partial charge in [-0.15, -0.1) is 0 Å². The smallest absolute Gasteiger partial charge is 0.312 e. The van der Waals surface area contributed by atoms with E-state index in [4.69, 9.17) is 4.74 Å². The highest BCUT2D eigenvalue weighted by Gasteiger charge is 2.51. The van der Waals surface area contributed by atoms with Crippen LogP contribution in [0, 0.1) is 10.8 Å². The lowest BCUT2D eigenvalue weighted by Crippen LogP contribution is -2.46. The fraction of sp³-hybridized carbons (Fsp3) is 0.889. The van der Waals surface area contributed by atoms with E-state index in [2.05, 4.69) is 26.1 Å². The summed E-state index contributed by atoms with van der Waals surface area (Å²) in [7, 11) is 0. The molecule has 1 aliphatic heterocycles. The Morgan fingerprint density at radius 2 is 1.96 bits per heavy atom. The van der Waals surface area contributed by atoms with Gasteiger partial charge in [-0.25, -0.2) is 0 Å². The molecule has 0 aromatic carbocycles. The van der Waals surface area contributed by atoms with Crippen molar-refractivity contribution in [2.24, 2.45) is 10.8 Å². The Hall–Kier alpha value is -1.10. The highest BCUT2D eigenvalue weighted by atomic mass is 16.5. The molecule has 5 heteroatoms. The summed E-state index contributed by atoms with van der Waals surface area (Å²) in [5.74, 6) is -0.829. The summed E-state index contributed by atoms with van der Waals surface area (Å²) >= 11 is 0. The van der Waals surface area contributed by atoms with E-state index in [-0.39, 0.29) is 28.9 Å². The van der Waals surface area contributed by atoms with Crippen LogP contribution in [0.4, 0.5) is 0 Å². The maximum Gasteiger partial charge on any atom is 0.312 e. The Labute approximate surface area is 140 Å². The second-order valence-electron chi connectivity index (χ2n) is 8.68. The second-order valence-corrected chi connectivity index (χ2v) is 8.68. The van der Waals surface area contributed by atoms with Gasteiger partial charge in [0.15, 0.2) is 0 Å². The predicted molar refractivity (Wildman–Crippen MR) is 90.0 cm³/mol. The van der Waals surface area contributed by atoms with E-state index in [1.807, 2.05) is 18.7 Å². The summed E-state index contributed by atoms with van der Waals surface area (Å²) < 4.78 is 5.43. The number of rotatable bonds is 5. The third-order valence-electron chi connectivity index (χ3n) is 4.93. The van der Waals surface area contributed by atoms with Crippen LogP contribution >= 0.6 is 0 Å². The molecular weight excluding hydrogens is 292 g/mol. The molecule has 1 aliphatic carbocycles. The van der Waals surface area contributed by atoms with Crippen molar-refractivity contribution in [1.29, 1.82) is 0 Å². The highest BCUT2D eigenvalue weighted by molar-refractivity contribution is 6.35. The van der Waals surface area contributed by atoms with Gasteiger partial charge < -0.3 is 15.0 Å². The molecule has 0 aromatic rings. The third-order valence-corrected chi connectivity index (χ3v) is 4.93. The van der Waals surface area contributed by atoms with Crippen molar-refractivity contribution in [1.82, 2.24) is 10.2 Å². The first-order valence-corrected chi connectivity index (χ1v) is 8.82. The number of hydrogen-bond acceptors (Lipinski definition) is 3. The Morgan fingerprint density at radius 1 is 1.26 bits per heavy atom. The number of hydrogen-bond donors (Lipinski definition) is 1. The minimum Gasteiger partial charge on any atom is -0.379 e. The zero-order valence-corrected chi connectivity index (χ0v) is 15.3. The predicted octanol–water partition coefficient (Wildman–Crippen LogP) is 2.34. The van der Waals surface area contributed by atoms with Gasteiger partial charge in [-0.1, -0.05) is 20.8 Å². The van der Waals surface area contributed by atoms with Gasteiger partial charge in [0.25, 0.3) is 0 Å². The molecule has 1 saturated carbocycles. The Kier molecular flexibility index (Phi) is 5.39. The van der Waals surface area contributed by atoms with Gasteiger partial charge >= 0.3 is 11.8 Å². The molecule has 2 amide bonds. The normalized spacial score (nSPS) is 29.0. The number of carbonyl (C=O) groups is 2. The lowest BCUT2D eigenvalue weighted by Gasteiger charge is -2.39. The molecule has 132 valence electrons. The van der Waals surface area contributed by atoms with Crippen molar-refractivity contribution in [2.75, 3.05) is 19.7 Å². The average molecular weight is 324 g/mol. The molecule has 2 atom stereocenters. The van der Waals surface area contributed by atoms with Gasteiger partial charge in [0.2, 0.25) is 0 Å². The largest absolute Gasteiger partial charge is 0.379 e. The Morgan fingerprint density at radius 3 is 2.61 bits per heavy atom.